The number of methoxy groups -OCH3 is 1. The number of nitrogens with zero attached hydrogens (tertiary/aromatic N) is 2. The monoisotopic (exact) mass is 274 g/mol. The zero-order chi connectivity index (χ0) is 12.1. The van der Waals surface area contributed by atoms with Crippen LogP contribution in [0.2, 0.25) is 0 Å². The number of nitrogens with one attached hydrogen (secondary N) is 2. The Hall–Kier alpha value is -1.11. The first-order valence-corrected chi connectivity index (χ1v) is 5.82. The van der Waals surface area contributed by atoms with Gasteiger partial charge in [0.1, 0.15) is 0 Å². The van der Waals surface area contributed by atoms with E-state index in [9.17, 15) is 4.79 Å². The number of ether oxygens (including phenoxy) is 1. The van der Waals surface area contributed by atoms with Gasteiger partial charge in [0.15, 0.2) is 0 Å². The Labute approximate surface area is 112 Å². The lowest BCUT2D eigenvalue weighted by molar-refractivity contribution is -0.119. The first kappa shape index (κ1) is 14.9. The Morgan fingerprint density at radius 1 is 1.72 bits per heavy atom. The fourth-order valence-corrected chi connectivity index (χ4v) is 1.86. The lowest BCUT2D eigenvalue weighted by Gasteiger charge is -2.07. The van der Waals surface area contributed by atoms with Crippen LogP contribution < -0.4 is 10.6 Å². The molecule has 2 N–H and O–H groups in total. The van der Waals surface area contributed by atoms with Crippen molar-refractivity contribution in [3.05, 3.63) is 12.4 Å². The molecule has 2 heterocycles. The Morgan fingerprint density at radius 3 is 3.22 bits per heavy atom. The van der Waals surface area contributed by atoms with Gasteiger partial charge in [-0.3, -0.25) is 9.48 Å². The molecule has 0 saturated carbocycles. The average molecular weight is 275 g/mol. The van der Waals surface area contributed by atoms with Crippen molar-refractivity contribution in [2.75, 3.05) is 32.1 Å². The van der Waals surface area contributed by atoms with E-state index >= 15 is 0 Å². The summed E-state index contributed by atoms with van der Waals surface area (Å²) in [5, 5.41) is 10.2. The Bertz CT molecular complexity index is 377. The molecule has 1 saturated heterocycles. The summed E-state index contributed by atoms with van der Waals surface area (Å²) in [6.45, 7) is 2.99. The highest BCUT2D eigenvalue weighted by molar-refractivity contribution is 5.92. The van der Waals surface area contributed by atoms with E-state index in [1.807, 2.05) is 6.20 Å². The molecule has 6 nitrogen and oxygen atoms in total. The van der Waals surface area contributed by atoms with Crippen LogP contribution in [0.25, 0.3) is 0 Å². The summed E-state index contributed by atoms with van der Waals surface area (Å²) >= 11 is 0. The second-order valence-corrected chi connectivity index (χ2v) is 4.16. The largest absolute Gasteiger partial charge is 0.383 e. The van der Waals surface area contributed by atoms with Gasteiger partial charge >= 0.3 is 0 Å². The van der Waals surface area contributed by atoms with E-state index in [2.05, 4.69) is 15.7 Å². The number of hydrogen-bond donors (Lipinski definition) is 2. The molecular formula is C11H19ClN4O2. The van der Waals surface area contributed by atoms with Crippen molar-refractivity contribution < 1.29 is 9.53 Å². The molecule has 0 spiro atoms. The summed E-state index contributed by atoms with van der Waals surface area (Å²) in [4.78, 5) is 11.8. The van der Waals surface area contributed by atoms with E-state index in [0.29, 0.717) is 13.2 Å². The topological polar surface area (TPSA) is 68.2 Å². The van der Waals surface area contributed by atoms with Gasteiger partial charge in [0, 0.05) is 19.9 Å². The van der Waals surface area contributed by atoms with Crippen molar-refractivity contribution >= 4 is 24.0 Å². The maximum absolute atomic E-state index is 11.8. The van der Waals surface area contributed by atoms with E-state index in [1.165, 1.54) is 0 Å². The van der Waals surface area contributed by atoms with Crippen molar-refractivity contribution in [2.24, 2.45) is 5.92 Å². The fourth-order valence-electron chi connectivity index (χ4n) is 1.86. The number of hydrogen-bond acceptors (Lipinski definition) is 4. The molecule has 1 fully saturated rings. The third-order valence-electron chi connectivity index (χ3n) is 2.86. The Kier molecular flexibility index (Phi) is 6.11. The summed E-state index contributed by atoms with van der Waals surface area (Å²) < 4.78 is 6.72. The SMILES string of the molecule is COCCn1cc(NC(=O)C2CCNC2)cn1.Cl. The molecule has 1 aromatic heterocycles. The predicted octanol–water partition coefficient (Wildman–Crippen LogP) is 0.499. The Balaban J connectivity index is 0.00000162. The second-order valence-electron chi connectivity index (χ2n) is 4.16. The molecule has 0 aliphatic carbocycles. The van der Waals surface area contributed by atoms with Gasteiger partial charge < -0.3 is 15.4 Å². The molecule has 1 unspecified atom stereocenters. The second kappa shape index (κ2) is 7.35. The van der Waals surface area contributed by atoms with Gasteiger partial charge in [0.05, 0.1) is 31.0 Å². The van der Waals surface area contributed by atoms with Gasteiger partial charge in [0.25, 0.3) is 0 Å². The average Bonchev–Trinajstić information content (AvgIpc) is 2.97. The molecular weight excluding hydrogens is 256 g/mol. The molecule has 1 aliphatic heterocycles. The zero-order valence-corrected chi connectivity index (χ0v) is 11.2. The molecule has 1 aromatic rings. The zero-order valence-electron chi connectivity index (χ0n) is 10.4. The normalized spacial score (nSPS) is 18.4. The molecule has 1 atom stereocenters. The number of rotatable bonds is 5. The van der Waals surface area contributed by atoms with Crippen molar-refractivity contribution in [3.63, 3.8) is 0 Å². The fraction of sp³-hybridized carbons (Fsp3) is 0.636. The van der Waals surface area contributed by atoms with Crippen molar-refractivity contribution in [1.29, 1.82) is 0 Å². The molecule has 0 radical (unpaired) electrons. The quantitative estimate of drug-likeness (QED) is 0.820. The maximum Gasteiger partial charge on any atom is 0.228 e. The predicted molar refractivity (Wildman–Crippen MR) is 71.0 cm³/mol. The first-order chi connectivity index (χ1) is 8.29. The number of carbonyl (C=O) groups is 1. The minimum Gasteiger partial charge on any atom is -0.383 e. The molecule has 102 valence electrons. The van der Waals surface area contributed by atoms with Gasteiger partial charge in [-0.1, -0.05) is 0 Å². The van der Waals surface area contributed by atoms with Crippen LogP contribution in [0.5, 0.6) is 0 Å². The van der Waals surface area contributed by atoms with E-state index < -0.39 is 0 Å². The van der Waals surface area contributed by atoms with Crippen molar-refractivity contribution in [3.8, 4) is 0 Å². The van der Waals surface area contributed by atoms with Crippen LogP contribution in [0.1, 0.15) is 6.42 Å². The van der Waals surface area contributed by atoms with Crippen LogP contribution in [-0.2, 0) is 16.1 Å². The van der Waals surface area contributed by atoms with Crippen LogP contribution >= 0.6 is 12.4 Å². The molecule has 2 rings (SSSR count). The molecule has 1 amide bonds. The van der Waals surface area contributed by atoms with Gasteiger partial charge in [-0.2, -0.15) is 5.10 Å². The van der Waals surface area contributed by atoms with E-state index in [0.717, 1.165) is 25.2 Å². The first-order valence-electron chi connectivity index (χ1n) is 5.82. The lowest BCUT2D eigenvalue weighted by Crippen LogP contribution is -2.24. The molecule has 0 aromatic carbocycles. The third kappa shape index (κ3) is 3.97. The smallest absolute Gasteiger partial charge is 0.228 e. The van der Waals surface area contributed by atoms with Crippen LogP contribution in [0, 0.1) is 5.92 Å². The van der Waals surface area contributed by atoms with Gasteiger partial charge in [-0.05, 0) is 13.0 Å². The Morgan fingerprint density at radius 2 is 2.56 bits per heavy atom. The highest BCUT2D eigenvalue weighted by atomic mass is 35.5. The molecule has 0 bridgehead atoms. The van der Waals surface area contributed by atoms with Crippen molar-refractivity contribution in [1.82, 2.24) is 15.1 Å². The van der Waals surface area contributed by atoms with E-state index in [-0.39, 0.29) is 24.2 Å². The highest BCUT2D eigenvalue weighted by Gasteiger charge is 2.22. The standard InChI is InChI=1S/C11H18N4O2.ClH/c1-17-5-4-15-8-10(7-13-15)14-11(16)9-2-3-12-6-9;/h7-9,12H,2-6H2,1H3,(H,14,16);1H. The van der Waals surface area contributed by atoms with Crippen LogP contribution in [0.15, 0.2) is 12.4 Å². The van der Waals surface area contributed by atoms with Crippen LogP contribution in [0.3, 0.4) is 0 Å². The number of halogens is 1. The maximum atomic E-state index is 11.8. The minimum atomic E-state index is 0. The summed E-state index contributed by atoms with van der Waals surface area (Å²) in [7, 11) is 1.65. The van der Waals surface area contributed by atoms with Gasteiger partial charge in [0.2, 0.25) is 5.91 Å². The summed E-state index contributed by atoms with van der Waals surface area (Å²) in [6.07, 6.45) is 4.39. The van der Waals surface area contributed by atoms with Crippen LogP contribution in [-0.4, -0.2) is 42.5 Å². The number of amides is 1. The minimum absolute atomic E-state index is 0. The number of aromatic nitrogens is 2. The van der Waals surface area contributed by atoms with E-state index in [1.54, 1.807) is 18.0 Å². The molecule has 7 heteroatoms. The molecule has 1 aliphatic rings. The highest BCUT2D eigenvalue weighted by Crippen LogP contribution is 2.12. The number of carbonyl (C=O) groups excluding carboxylic acids is 1. The van der Waals surface area contributed by atoms with Gasteiger partial charge in [-0.15, -0.1) is 12.4 Å². The summed E-state index contributed by atoms with van der Waals surface area (Å²) in [6, 6.07) is 0. The van der Waals surface area contributed by atoms with Gasteiger partial charge in [-0.25, -0.2) is 0 Å². The molecule has 18 heavy (non-hydrogen) atoms. The summed E-state index contributed by atoms with van der Waals surface area (Å²) in [5.74, 6) is 0.151. The van der Waals surface area contributed by atoms with E-state index in [4.69, 9.17) is 4.74 Å². The third-order valence-corrected chi connectivity index (χ3v) is 2.86. The van der Waals surface area contributed by atoms with Crippen LogP contribution in [0.4, 0.5) is 5.69 Å². The lowest BCUT2D eigenvalue weighted by atomic mass is 10.1. The number of anilines is 1. The summed E-state index contributed by atoms with van der Waals surface area (Å²) in [5.41, 5.74) is 0.748. The van der Waals surface area contributed by atoms with Crippen molar-refractivity contribution in [2.45, 2.75) is 13.0 Å².